The van der Waals surface area contributed by atoms with Gasteiger partial charge in [-0.05, 0) is 41.6 Å². The molecule has 2 amide bonds. The Morgan fingerprint density at radius 3 is 2.50 bits per heavy atom. The first-order valence-corrected chi connectivity index (χ1v) is 8.81. The Bertz CT molecular complexity index is 718. The van der Waals surface area contributed by atoms with Crippen LogP contribution in [0.4, 0.5) is 5.69 Å². The minimum atomic E-state index is -0.0976. The van der Waals surface area contributed by atoms with E-state index in [0.717, 1.165) is 21.7 Å². The first-order chi connectivity index (χ1) is 11.6. The Morgan fingerprint density at radius 2 is 1.88 bits per heavy atom. The summed E-state index contributed by atoms with van der Waals surface area (Å²) in [5.41, 5.74) is 2.65. The van der Waals surface area contributed by atoms with Crippen molar-refractivity contribution < 1.29 is 14.3 Å². The number of ether oxygens (including phenoxy) is 1. The second-order valence-electron chi connectivity index (χ2n) is 5.75. The number of nitrogens with one attached hydrogen (secondary N) is 1. The maximum Gasteiger partial charge on any atom is 0.265 e. The Kier molecular flexibility index (Phi) is 5.27. The molecule has 24 heavy (non-hydrogen) atoms. The molecule has 0 aliphatic carbocycles. The van der Waals surface area contributed by atoms with Gasteiger partial charge in [-0.1, -0.05) is 12.1 Å². The van der Waals surface area contributed by atoms with Gasteiger partial charge in [0.05, 0.1) is 24.5 Å². The molecule has 3 rings (SSSR count). The molecule has 0 bridgehead atoms. The number of nitrogens with zero attached hydrogens (tertiary/aromatic N) is 1. The molecule has 1 fully saturated rings. The fourth-order valence-corrected chi connectivity index (χ4v) is 3.42. The van der Waals surface area contributed by atoms with Crippen molar-refractivity contribution in [2.24, 2.45) is 0 Å². The number of rotatable bonds is 4. The monoisotopic (exact) mass is 344 g/mol. The third-order valence-electron chi connectivity index (χ3n) is 4.00. The van der Waals surface area contributed by atoms with Crippen LogP contribution in [0.25, 0.3) is 0 Å². The standard InChI is InChI=1S/C18H20N2O3S/c1-13-6-11-24-17(13)18(22)19-15-4-2-14(3-5-15)12-16(21)20-7-9-23-10-8-20/h2-6,11H,7-10,12H2,1H3,(H,19,22). The molecule has 6 heteroatoms. The Balaban J connectivity index is 1.58. The highest BCUT2D eigenvalue weighted by Crippen LogP contribution is 2.18. The van der Waals surface area contributed by atoms with E-state index in [-0.39, 0.29) is 11.8 Å². The van der Waals surface area contributed by atoms with Gasteiger partial charge in [0.25, 0.3) is 5.91 Å². The molecular weight excluding hydrogens is 324 g/mol. The van der Waals surface area contributed by atoms with E-state index in [2.05, 4.69) is 5.32 Å². The molecule has 2 aromatic rings. The normalized spacial score (nSPS) is 14.5. The van der Waals surface area contributed by atoms with Gasteiger partial charge >= 0.3 is 0 Å². The highest BCUT2D eigenvalue weighted by Gasteiger charge is 2.17. The lowest BCUT2D eigenvalue weighted by Crippen LogP contribution is -2.41. The van der Waals surface area contributed by atoms with Crippen LogP contribution in [0.15, 0.2) is 35.7 Å². The van der Waals surface area contributed by atoms with Crippen LogP contribution in [0.5, 0.6) is 0 Å². The van der Waals surface area contributed by atoms with Crippen molar-refractivity contribution in [1.82, 2.24) is 4.90 Å². The average Bonchev–Trinajstić information content (AvgIpc) is 3.03. The van der Waals surface area contributed by atoms with Crippen molar-refractivity contribution >= 4 is 28.8 Å². The molecule has 0 saturated carbocycles. The molecule has 0 radical (unpaired) electrons. The maximum atomic E-state index is 12.2. The molecule has 1 aliphatic rings. The van der Waals surface area contributed by atoms with E-state index in [1.54, 1.807) is 0 Å². The zero-order valence-corrected chi connectivity index (χ0v) is 14.4. The SMILES string of the molecule is Cc1ccsc1C(=O)Nc1ccc(CC(=O)N2CCOCC2)cc1. The lowest BCUT2D eigenvalue weighted by atomic mass is 10.1. The molecule has 0 spiro atoms. The summed E-state index contributed by atoms with van der Waals surface area (Å²) >= 11 is 1.43. The number of thiophene rings is 1. The molecule has 1 aromatic carbocycles. The van der Waals surface area contributed by atoms with Crippen LogP contribution in [-0.4, -0.2) is 43.0 Å². The summed E-state index contributed by atoms with van der Waals surface area (Å²) in [7, 11) is 0. The van der Waals surface area contributed by atoms with E-state index >= 15 is 0 Å². The van der Waals surface area contributed by atoms with Crippen LogP contribution in [0, 0.1) is 6.92 Å². The second-order valence-corrected chi connectivity index (χ2v) is 6.67. The van der Waals surface area contributed by atoms with Gasteiger partial charge in [-0.3, -0.25) is 9.59 Å². The van der Waals surface area contributed by atoms with Crippen molar-refractivity contribution in [2.45, 2.75) is 13.3 Å². The molecule has 5 nitrogen and oxygen atoms in total. The predicted octanol–water partition coefficient (Wildman–Crippen LogP) is 2.71. The number of carbonyl (C=O) groups excluding carboxylic acids is 2. The Hall–Kier alpha value is -2.18. The smallest absolute Gasteiger partial charge is 0.265 e. The van der Waals surface area contributed by atoms with Crippen LogP contribution in [0.1, 0.15) is 20.8 Å². The Labute approximate surface area is 145 Å². The molecule has 1 aromatic heterocycles. The number of anilines is 1. The topological polar surface area (TPSA) is 58.6 Å². The summed E-state index contributed by atoms with van der Waals surface area (Å²) in [6, 6.07) is 9.37. The van der Waals surface area contributed by atoms with Crippen molar-refractivity contribution in [3.05, 3.63) is 51.7 Å². The van der Waals surface area contributed by atoms with E-state index in [9.17, 15) is 9.59 Å². The van der Waals surface area contributed by atoms with E-state index in [1.165, 1.54) is 11.3 Å². The number of benzene rings is 1. The van der Waals surface area contributed by atoms with E-state index in [1.807, 2.05) is 47.5 Å². The van der Waals surface area contributed by atoms with Gasteiger partial charge in [-0.15, -0.1) is 11.3 Å². The number of morpholine rings is 1. The fourth-order valence-electron chi connectivity index (χ4n) is 2.60. The predicted molar refractivity (Wildman–Crippen MR) is 94.6 cm³/mol. The third-order valence-corrected chi connectivity index (χ3v) is 5.01. The van der Waals surface area contributed by atoms with E-state index < -0.39 is 0 Å². The molecule has 126 valence electrons. The minimum Gasteiger partial charge on any atom is -0.378 e. The lowest BCUT2D eigenvalue weighted by molar-refractivity contribution is -0.134. The van der Waals surface area contributed by atoms with Crippen molar-refractivity contribution in [3.8, 4) is 0 Å². The molecule has 2 heterocycles. The summed E-state index contributed by atoms with van der Waals surface area (Å²) in [5.74, 6) is 0.0175. The molecule has 0 atom stereocenters. The molecular formula is C18H20N2O3S. The van der Waals surface area contributed by atoms with Crippen LogP contribution in [0.3, 0.4) is 0 Å². The van der Waals surface area contributed by atoms with Crippen LogP contribution < -0.4 is 5.32 Å². The quantitative estimate of drug-likeness (QED) is 0.928. The molecule has 1 saturated heterocycles. The minimum absolute atomic E-state index is 0.0976. The van der Waals surface area contributed by atoms with Gasteiger partial charge in [-0.2, -0.15) is 0 Å². The van der Waals surface area contributed by atoms with Gasteiger partial charge in [0.15, 0.2) is 0 Å². The zero-order chi connectivity index (χ0) is 16.9. The van der Waals surface area contributed by atoms with E-state index in [0.29, 0.717) is 32.7 Å². The second kappa shape index (κ2) is 7.59. The van der Waals surface area contributed by atoms with Gasteiger partial charge < -0.3 is 15.0 Å². The highest BCUT2D eigenvalue weighted by molar-refractivity contribution is 7.12. The summed E-state index contributed by atoms with van der Waals surface area (Å²) in [6.45, 7) is 4.46. The fraction of sp³-hybridized carbons (Fsp3) is 0.333. The largest absolute Gasteiger partial charge is 0.378 e. The number of amides is 2. The molecule has 0 unspecified atom stereocenters. The highest BCUT2D eigenvalue weighted by atomic mass is 32.1. The summed E-state index contributed by atoms with van der Waals surface area (Å²) in [4.78, 5) is 27.0. The summed E-state index contributed by atoms with van der Waals surface area (Å²) < 4.78 is 5.26. The molecule has 1 aliphatic heterocycles. The summed E-state index contributed by atoms with van der Waals surface area (Å²) in [6.07, 6.45) is 0.373. The Morgan fingerprint density at radius 1 is 1.17 bits per heavy atom. The third kappa shape index (κ3) is 4.01. The number of hydrogen-bond donors (Lipinski definition) is 1. The van der Waals surface area contributed by atoms with Crippen LogP contribution in [-0.2, 0) is 16.0 Å². The first kappa shape index (κ1) is 16.7. The van der Waals surface area contributed by atoms with Gasteiger partial charge in [0.2, 0.25) is 5.91 Å². The van der Waals surface area contributed by atoms with Crippen LogP contribution >= 0.6 is 11.3 Å². The van der Waals surface area contributed by atoms with Gasteiger partial charge in [-0.25, -0.2) is 0 Å². The maximum absolute atomic E-state index is 12.2. The van der Waals surface area contributed by atoms with Gasteiger partial charge in [0, 0.05) is 18.8 Å². The van der Waals surface area contributed by atoms with Crippen molar-refractivity contribution in [3.63, 3.8) is 0 Å². The zero-order valence-electron chi connectivity index (χ0n) is 13.6. The first-order valence-electron chi connectivity index (χ1n) is 7.93. The molecule has 1 N–H and O–H groups in total. The summed E-state index contributed by atoms with van der Waals surface area (Å²) in [5, 5.41) is 4.80. The van der Waals surface area contributed by atoms with Crippen molar-refractivity contribution in [1.29, 1.82) is 0 Å². The average molecular weight is 344 g/mol. The number of carbonyl (C=O) groups is 2. The number of aryl methyl sites for hydroxylation is 1. The van der Waals surface area contributed by atoms with Gasteiger partial charge in [0.1, 0.15) is 0 Å². The van der Waals surface area contributed by atoms with Crippen molar-refractivity contribution in [2.75, 3.05) is 31.6 Å². The van der Waals surface area contributed by atoms with E-state index in [4.69, 9.17) is 4.74 Å². The lowest BCUT2D eigenvalue weighted by Gasteiger charge is -2.26. The van der Waals surface area contributed by atoms with Crippen LogP contribution in [0.2, 0.25) is 0 Å². The number of hydrogen-bond acceptors (Lipinski definition) is 4.